The van der Waals surface area contributed by atoms with E-state index in [-0.39, 0.29) is 0 Å². The summed E-state index contributed by atoms with van der Waals surface area (Å²) in [6.07, 6.45) is 0. The minimum Gasteiger partial charge on any atom is -0.309 e. The summed E-state index contributed by atoms with van der Waals surface area (Å²) in [6.45, 7) is 0. The van der Waals surface area contributed by atoms with E-state index in [0.29, 0.717) is 0 Å². The second kappa shape index (κ2) is 13.9. The van der Waals surface area contributed by atoms with E-state index in [1.54, 1.807) is 0 Å². The normalized spacial score (nSPS) is 12.1. The maximum absolute atomic E-state index is 2.45. The maximum atomic E-state index is 2.45. The Hall–Kier alpha value is -7.76. The number of aromatic nitrogens is 2. The van der Waals surface area contributed by atoms with Crippen LogP contribution < -0.4 is 0 Å². The molecule has 0 unspecified atom stereocenters. The van der Waals surface area contributed by atoms with Crippen molar-refractivity contribution in [3.8, 4) is 44.8 Å². The molecule has 0 spiro atoms. The SMILES string of the molecule is c1ccc(-n2c3cc(-c4ccc5sc6ccccc6c5c4)ccc3c3ccc(-c4ccc5c6ccc(-c7ccc8sc9ccccc9c8c7)cc6n(-c6ccccc6)c5c4)cc32)cc1. The molecule has 0 radical (unpaired) electrons. The maximum Gasteiger partial charge on any atom is 0.0547 e. The van der Waals surface area contributed by atoms with Crippen LogP contribution in [0, 0.1) is 0 Å². The van der Waals surface area contributed by atoms with Crippen LogP contribution in [0.1, 0.15) is 0 Å². The van der Waals surface area contributed by atoms with Gasteiger partial charge < -0.3 is 9.13 Å². The van der Waals surface area contributed by atoms with Gasteiger partial charge in [-0.3, -0.25) is 0 Å². The predicted octanol–water partition coefficient (Wildman–Crippen LogP) is 17.6. The Morgan fingerprint density at radius 3 is 0.891 bits per heavy atom. The standard InChI is InChI=1S/C60H36N2S2/c1-3-11-43(12-4-1)61-53-33-39(37-23-29-59-51(31-37)49-15-7-9-17-57(49)63-59)19-25-45(53)47-27-21-41(35-55(47)61)42-22-28-48-46-26-20-40(34-54(46)62(56(48)36-42)44-13-5-2-6-14-44)38-24-30-60-52(32-38)50-16-8-10-18-58(50)64-60/h1-36H. The largest absolute Gasteiger partial charge is 0.309 e. The van der Waals surface area contributed by atoms with E-state index >= 15 is 0 Å². The molecule has 2 nitrogen and oxygen atoms in total. The molecule has 4 heteroatoms. The molecule has 4 heterocycles. The molecule has 4 aromatic heterocycles. The molecule has 0 saturated heterocycles. The summed E-state index contributed by atoms with van der Waals surface area (Å²) in [6, 6.07) is 81.1. The number of hydrogen-bond acceptors (Lipinski definition) is 2. The lowest BCUT2D eigenvalue weighted by atomic mass is 9.99. The van der Waals surface area contributed by atoms with Crippen LogP contribution in [0.2, 0.25) is 0 Å². The highest BCUT2D eigenvalue weighted by Crippen LogP contribution is 2.43. The summed E-state index contributed by atoms with van der Waals surface area (Å²) in [7, 11) is 0. The molecule has 0 aliphatic heterocycles. The lowest BCUT2D eigenvalue weighted by Gasteiger charge is -2.11. The predicted molar refractivity (Wildman–Crippen MR) is 277 cm³/mol. The van der Waals surface area contributed by atoms with Crippen LogP contribution in [0.15, 0.2) is 218 Å². The Kier molecular flexibility index (Phi) is 7.76. The fourth-order valence-electron chi connectivity index (χ4n) is 10.3. The molecule has 0 amide bonds. The number of hydrogen-bond donors (Lipinski definition) is 0. The van der Waals surface area contributed by atoms with Gasteiger partial charge in [-0.2, -0.15) is 0 Å². The average Bonchev–Trinajstić information content (AvgIpc) is 4.10. The van der Waals surface area contributed by atoms with E-state index < -0.39 is 0 Å². The minimum atomic E-state index is 1.15. The first kappa shape index (κ1) is 35.8. The first-order chi connectivity index (χ1) is 31.7. The zero-order valence-electron chi connectivity index (χ0n) is 34.5. The van der Waals surface area contributed by atoms with Crippen LogP contribution in [-0.4, -0.2) is 9.13 Å². The molecule has 10 aromatic carbocycles. The Labute approximate surface area is 376 Å². The van der Waals surface area contributed by atoms with Crippen molar-refractivity contribution in [3.63, 3.8) is 0 Å². The third-order valence-electron chi connectivity index (χ3n) is 13.3. The molecule has 0 saturated carbocycles. The number of para-hydroxylation sites is 2. The van der Waals surface area contributed by atoms with Gasteiger partial charge in [0, 0.05) is 73.3 Å². The molecule has 0 atom stereocenters. The van der Waals surface area contributed by atoms with Crippen LogP contribution >= 0.6 is 22.7 Å². The van der Waals surface area contributed by atoms with Gasteiger partial charge in [0.25, 0.3) is 0 Å². The average molecular weight is 849 g/mol. The lowest BCUT2D eigenvalue weighted by Crippen LogP contribution is -1.94. The first-order valence-electron chi connectivity index (χ1n) is 21.8. The van der Waals surface area contributed by atoms with Crippen molar-refractivity contribution in [3.05, 3.63) is 218 Å². The molecular weight excluding hydrogens is 813 g/mol. The van der Waals surface area contributed by atoms with Crippen LogP contribution in [0.25, 0.3) is 129 Å². The van der Waals surface area contributed by atoms with Crippen molar-refractivity contribution in [1.82, 2.24) is 9.13 Å². The highest BCUT2D eigenvalue weighted by Gasteiger charge is 2.18. The van der Waals surface area contributed by atoms with Gasteiger partial charge in [0.15, 0.2) is 0 Å². The van der Waals surface area contributed by atoms with Gasteiger partial charge in [0.1, 0.15) is 0 Å². The Morgan fingerprint density at radius 1 is 0.219 bits per heavy atom. The second-order valence-corrected chi connectivity index (χ2v) is 19.1. The number of thiophene rings is 2. The molecule has 0 N–H and O–H groups in total. The van der Waals surface area contributed by atoms with Crippen LogP contribution in [-0.2, 0) is 0 Å². The molecule has 298 valence electrons. The smallest absolute Gasteiger partial charge is 0.0547 e. The first-order valence-corrected chi connectivity index (χ1v) is 23.4. The summed E-state index contributed by atoms with van der Waals surface area (Å²) >= 11 is 3.73. The summed E-state index contributed by atoms with van der Waals surface area (Å²) in [5.41, 5.74) is 14.4. The van der Waals surface area contributed by atoms with E-state index in [1.165, 1.54) is 117 Å². The lowest BCUT2D eigenvalue weighted by molar-refractivity contribution is 1.18. The second-order valence-electron chi connectivity index (χ2n) is 16.9. The van der Waals surface area contributed by atoms with E-state index in [1.807, 2.05) is 22.7 Å². The summed E-state index contributed by atoms with van der Waals surface area (Å²) in [5, 5.41) is 10.3. The van der Waals surface area contributed by atoms with Gasteiger partial charge in [-0.15, -0.1) is 22.7 Å². The Bertz CT molecular complexity index is 3910. The van der Waals surface area contributed by atoms with Crippen molar-refractivity contribution in [2.75, 3.05) is 0 Å². The van der Waals surface area contributed by atoms with Crippen molar-refractivity contribution >= 4 is 107 Å². The third kappa shape index (κ3) is 5.43. The molecule has 0 aliphatic carbocycles. The molecule has 14 aromatic rings. The summed E-state index contributed by atoms with van der Waals surface area (Å²) in [5.74, 6) is 0. The Balaban J connectivity index is 0.936. The fourth-order valence-corrected chi connectivity index (χ4v) is 12.4. The van der Waals surface area contributed by atoms with E-state index in [9.17, 15) is 0 Å². The Morgan fingerprint density at radius 2 is 0.516 bits per heavy atom. The topological polar surface area (TPSA) is 9.86 Å². The number of rotatable bonds is 5. The monoisotopic (exact) mass is 848 g/mol. The highest BCUT2D eigenvalue weighted by atomic mass is 32.1. The van der Waals surface area contributed by atoms with Gasteiger partial charge in [0.05, 0.1) is 22.1 Å². The van der Waals surface area contributed by atoms with Crippen LogP contribution in [0.4, 0.5) is 0 Å². The van der Waals surface area contributed by atoms with Gasteiger partial charge in [-0.1, -0.05) is 133 Å². The summed E-state index contributed by atoms with van der Waals surface area (Å²) in [4.78, 5) is 0. The highest BCUT2D eigenvalue weighted by molar-refractivity contribution is 7.26. The molecule has 64 heavy (non-hydrogen) atoms. The third-order valence-corrected chi connectivity index (χ3v) is 15.6. The zero-order chi connectivity index (χ0) is 41.9. The zero-order valence-corrected chi connectivity index (χ0v) is 36.1. The van der Waals surface area contributed by atoms with Crippen molar-refractivity contribution in [2.45, 2.75) is 0 Å². The van der Waals surface area contributed by atoms with Crippen molar-refractivity contribution in [2.24, 2.45) is 0 Å². The number of fused-ring (bicyclic) bond motifs is 12. The fraction of sp³-hybridized carbons (Fsp3) is 0. The molecule has 0 fully saturated rings. The van der Waals surface area contributed by atoms with Gasteiger partial charge in [-0.05, 0) is 118 Å². The number of benzene rings is 10. The van der Waals surface area contributed by atoms with Crippen molar-refractivity contribution in [1.29, 1.82) is 0 Å². The van der Waals surface area contributed by atoms with Gasteiger partial charge in [-0.25, -0.2) is 0 Å². The number of nitrogens with zero attached hydrogens (tertiary/aromatic N) is 2. The van der Waals surface area contributed by atoms with E-state index in [4.69, 9.17) is 0 Å². The van der Waals surface area contributed by atoms with E-state index in [0.717, 1.165) is 11.4 Å². The van der Waals surface area contributed by atoms with Crippen molar-refractivity contribution < 1.29 is 0 Å². The van der Waals surface area contributed by atoms with Gasteiger partial charge in [0.2, 0.25) is 0 Å². The van der Waals surface area contributed by atoms with Crippen LogP contribution in [0.5, 0.6) is 0 Å². The van der Waals surface area contributed by atoms with E-state index in [2.05, 4.69) is 228 Å². The quantitative estimate of drug-likeness (QED) is 0.163. The minimum absolute atomic E-state index is 1.15. The molecular formula is C60H36N2S2. The van der Waals surface area contributed by atoms with Crippen LogP contribution in [0.3, 0.4) is 0 Å². The molecule has 14 rings (SSSR count). The summed E-state index contributed by atoms with van der Waals surface area (Å²) < 4.78 is 10.2. The van der Waals surface area contributed by atoms with Gasteiger partial charge >= 0.3 is 0 Å². The molecule has 0 aliphatic rings. The molecule has 0 bridgehead atoms.